The Morgan fingerprint density at radius 1 is 0.583 bits per heavy atom. The molecule has 0 aliphatic carbocycles. The predicted molar refractivity (Wildman–Crippen MR) is 98.3 cm³/mol. The SMILES string of the molecule is O=C(O)C=CCCCCCCCCCCCCCCCCC(=O)O. The number of rotatable bonds is 18. The molecule has 0 saturated carbocycles. The molecule has 140 valence electrons. The average molecular weight is 341 g/mol. The Hall–Kier alpha value is -1.32. The highest BCUT2D eigenvalue weighted by Gasteiger charge is 1.97. The molecule has 24 heavy (non-hydrogen) atoms. The fourth-order valence-corrected chi connectivity index (χ4v) is 2.84. The molecule has 0 spiro atoms. The van der Waals surface area contributed by atoms with Gasteiger partial charge in [0.1, 0.15) is 0 Å². The van der Waals surface area contributed by atoms with E-state index in [1.54, 1.807) is 6.08 Å². The normalized spacial score (nSPS) is 11.2. The molecule has 0 atom stereocenters. The van der Waals surface area contributed by atoms with Crippen LogP contribution in [0.1, 0.15) is 103 Å². The Kier molecular flexibility index (Phi) is 17.0. The van der Waals surface area contributed by atoms with Crippen LogP contribution in [0.3, 0.4) is 0 Å². The van der Waals surface area contributed by atoms with Crippen molar-refractivity contribution < 1.29 is 19.8 Å². The van der Waals surface area contributed by atoms with E-state index < -0.39 is 11.9 Å². The summed E-state index contributed by atoms with van der Waals surface area (Å²) in [6.07, 6.45) is 21.2. The van der Waals surface area contributed by atoms with E-state index in [4.69, 9.17) is 10.2 Å². The first-order valence-electron chi connectivity index (χ1n) is 9.74. The minimum atomic E-state index is -0.854. The second-order valence-corrected chi connectivity index (χ2v) is 6.62. The lowest BCUT2D eigenvalue weighted by Gasteiger charge is -2.03. The van der Waals surface area contributed by atoms with Gasteiger partial charge in [0.25, 0.3) is 0 Å². The third-order valence-electron chi connectivity index (χ3n) is 4.27. The zero-order chi connectivity index (χ0) is 17.9. The molecule has 0 aromatic carbocycles. The van der Waals surface area contributed by atoms with Gasteiger partial charge in [-0.3, -0.25) is 4.79 Å². The zero-order valence-electron chi connectivity index (χ0n) is 15.2. The third kappa shape index (κ3) is 20.7. The molecule has 0 rings (SSSR count). The van der Waals surface area contributed by atoms with Gasteiger partial charge in [0.15, 0.2) is 0 Å². The predicted octanol–water partition coefficient (Wildman–Crippen LogP) is 5.95. The van der Waals surface area contributed by atoms with Gasteiger partial charge in [-0.2, -0.15) is 0 Å². The van der Waals surface area contributed by atoms with Crippen LogP contribution in [-0.2, 0) is 9.59 Å². The summed E-state index contributed by atoms with van der Waals surface area (Å²) in [5, 5.41) is 17.0. The molecule has 0 bridgehead atoms. The van der Waals surface area contributed by atoms with Crippen molar-refractivity contribution >= 4 is 11.9 Å². The van der Waals surface area contributed by atoms with Crippen LogP contribution < -0.4 is 0 Å². The van der Waals surface area contributed by atoms with Crippen molar-refractivity contribution in [3.05, 3.63) is 12.2 Å². The lowest BCUT2D eigenvalue weighted by atomic mass is 10.0. The third-order valence-corrected chi connectivity index (χ3v) is 4.27. The summed E-state index contributed by atoms with van der Waals surface area (Å²) >= 11 is 0. The molecule has 0 heterocycles. The van der Waals surface area contributed by atoms with Gasteiger partial charge < -0.3 is 10.2 Å². The molecular weight excluding hydrogens is 304 g/mol. The van der Waals surface area contributed by atoms with Crippen LogP contribution in [-0.4, -0.2) is 22.2 Å². The maximum atomic E-state index is 10.4. The molecular formula is C20H36O4. The number of unbranched alkanes of at least 4 members (excludes halogenated alkanes) is 14. The first-order valence-corrected chi connectivity index (χ1v) is 9.74. The molecule has 0 fully saturated rings. The van der Waals surface area contributed by atoms with Crippen LogP contribution in [0.5, 0.6) is 0 Å². The molecule has 0 aromatic heterocycles. The van der Waals surface area contributed by atoms with Crippen LogP contribution >= 0.6 is 0 Å². The summed E-state index contributed by atoms with van der Waals surface area (Å²) in [5.74, 6) is -1.53. The van der Waals surface area contributed by atoms with Crippen molar-refractivity contribution in [1.82, 2.24) is 0 Å². The lowest BCUT2D eigenvalue weighted by Crippen LogP contribution is -1.93. The van der Waals surface area contributed by atoms with Crippen LogP contribution in [0.4, 0.5) is 0 Å². The van der Waals surface area contributed by atoms with Crippen molar-refractivity contribution in [3.8, 4) is 0 Å². The minimum Gasteiger partial charge on any atom is -0.481 e. The van der Waals surface area contributed by atoms with Crippen LogP contribution in [0, 0.1) is 0 Å². The largest absolute Gasteiger partial charge is 0.481 e. The fourth-order valence-electron chi connectivity index (χ4n) is 2.84. The van der Waals surface area contributed by atoms with Gasteiger partial charge in [-0.15, -0.1) is 0 Å². The zero-order valence-corrected chi connectivity index (χ0v) is 15.2. The van der Waals surface area contributed by atoms with Gasteiger partial charge in [-0.25, -0.2) is 4.79 Å². The molecule has 0 amide bonds. The van der Waals surface area contributed by atoms with Gasteiger partial charge in [-0.05, 0) is 19.3 Å². The second kappa shape index (κ2) is 18.0. The van der Waals surface area contributed by atoms with E-state index >= 15 is 0 Å². The molecule has 2 N–H and O–H groups in total. The van der Waals surface area contributed by atoms with E-state index in [9.17, 15) is 9.59 Å². The van der Waals surface area contributed by atoms with Crippen molar-refractivity contribution in [2.24, 2.45) is 0 Å². The van der Waals surface area contributed by atoms with Crippen molar-refractivity contribution in [2.75, 3.05) is 0 Å². The highest BCUT2D eigenvalue weighted by atomic mass is 16.4. The Balaban J connectivity index is 3.05. The van der Waals surface area contributed by atoms with E-state index in [1.807, 2.05) is 0 Å². The summed E-state index contributed by atoms with van der Waals surface area (Å²) in [4.78, 5) is 20.6. The number of carboxylic acid groups (broad SMARTS) is 2. The van der Waals surface area contributed by atoms with Gasteiger partial charge >= 0.3 is 11.9 Å². The number of carbonyl (C=O) groups is 2. The van der Waals surface area contributed by atoms with E-state index in [0.717, 1.165) is 25.7 Å². The van der Waals surface area contributed by atoms with E-state index in [-0.39, 0.29) is 0 Å². The first-order chi connectivity index (χ1) is 11.6. The summed E-state index contributed by atoms with van der Waals surface area (Å²) in [5.41, 5.74) is 0. The standard InChI is InChI=1S/C20H36O4/c21-19(22)17-15-13-11-9-7-5-3-1-2-4-6-8-10-12-14-16-18-20(23)24/h15,17H,1-14,16,18H2,(H,21,22)(H,23,24). The van der Waals surface area contributed by atoms with Crippen molar-refractivity contribution in [1.29, 1.82) is 0 Å². The first kappa shape index (κ1) is 22.7. The van der Waals surface area contributed by atoms with E-state index in [0.29, 0.717) is 6.42 Å². The maximum absolute atomic E-state index is 10.4. The summed E-state index contributed by atoms with van der Waals surface area (Å²) < 4.78 is 0. The van der Waals surface area contributed by atoms with Gasteiger partial charge in [-0.1, -0.05) is 83.1 Å². The highest BCUT2D eigenvalue weighted by molar-refractivity contribution is 5.79. The molecule has 4 nitrogen and oxygen atoms in total. The number of hydrogen-bond donors (Lipinski definition) is 2. The van der Waals surface area contributed by atoms with E-state index in [2.05, 4.69) is 0 Å². The second-order valence-electron chi connectivity index (χ2n) is 6.62. The van der Waals surface area contributed by atoms with Crippen LogP contribution in [0.25, 0.3) is 0 Å². The minimum absolute atomic E-state index is 0.318. The molecule has 4 heteroatoms. The summed E-state index contributed by atoms with van der Waals surface area (Å²) in [6.45, 7) is 0. The molecule has 0 unspecified atom stereocenters. The molecule has 0 aliphatic heterocycles. The molecule has 0 saturated heterocycles. The van der Waals surface area contributed by atoms with Crippen LogP contribution in [0.2, 0.25) is 0 Å². The van der Waals surface area contributed by atoms with E-state index in [1.165, 1.54) is 76.7 Å². The Morgan fingerprint density at radius 3 is 1.33 bits per heavy atom. The monoisotopic (exact) mass is 340 g/mol. The fraction of sp³-hybridized carbons (Fsp3) is 0.800. The van der Waals surface area contributed by atoms with Crippen molar-refractivity contribution in [2.45, 2.75) is 103 Å². The topological polar surface area (TPSA) is 74.6 Å². The van der Waals surface area contributed by atoms with Gasteiger partial charge in [0.2, 0.25) is 0 Å². The Morgan fingerprint density at radius 2 is 0.958 bits per heavy atom. The summed E-state index contributed by atoms with van der Waals surface area (Å²) in [6, 6.07) is 0. The van der Waals surface area contributed by atoms with Gasteiger partial charge in [0.05, 0.1) is 0 Å². The van der Waals surface area contributed by atoms with Crippen LogP contribution in [0.15, 0.2) is 12.2 Å². The molecule has 0 aromatic rings. The quantitative estimate of drug-likeness (QED) is 0.239. The molecule has 0 aliphatic rings. The average Bonchev–Trinajstić information content (AvgIpc) is 2.53. The number of carboxylic acids is 2. The molecule has 0 radical (unpaired) electrons. The smallest absolute Gasteiger partial charge is 0.327 e. The van der Waals surface area contributed by atoms with Gasteiger partial charge in [0, 0.05) is 12.5 Å². The number of allylic oxidation sites excluding steroid dienone is 1. The lowest BCUT2D eigenvalue weighted by molar-refractivity contribution is -0.137. The Labute approximate surface area is 147 Å². The highest BCUT2D eigenvalue weighted by Crippen LogP contribution is 2.13. The Bertz CT molecular complexity index is 337. The number of aliphatic carboxylic acids is 2. The number of hydrogen-bond acceptors (Lipinski definition) is 2. The van der Waals surface area contributed by atoms with Crippen molar-refractivity contribution in [3.63, 3.8) is 0 Å². The maximum Gasteiger partial charge on any atom is 0.327 e. The summed E-state index contributed by atoms with van der Waals surface area (Å²) in [7, 11) is 0.